The van der Waals surface area contributed by atoms with Crippen LogP contribution in [0.25, 0.3) is 0 Å². The van der Waals surface area contributed by atoms with Crippen molar-refractivity contribution >= 4 is 0 Å². The molecule has 0 atom stereocenters. The minimum absolute atomic E-state index is 0. The van der Waals surface area contributed by atoms with Crippen LogP contribution >= 0.6 is 0 Å². The Morgan fingerprint density at radius 1 is 0.621 bits per heavy atom. The average molecular weight is 484 g/mol. The van der Waals surface area contributed by atoms with E-state index in [2.05, 4.69) is 96.1 Å². The molecule has 0 spiro atoms. The Kier molecular flexibility index (Phi) is 13.6. The van der Waals surface area contributed by atoms with Gasteiger partial charge in [0, 0.05) is 0 Å². The first-order chi connectivity index (χ1) is 11.8. The van der Waals surface area contributed by atoms with E-state index in [1.807, 2.05) is 0 Å². The Hall–Kier alpha value is -0.626. The normalized spacial score (nSPS) is 9.93. The van der Waals surface area contributed by atoms with Crippen molar-refractivity contribution in [1.29, 1.82) is 0 Å². The molecule has 0 radical (unpaired) electrons. The van der Waals surface area contributed by atoms with Crippen LogP contribution in [0, 0.1) is 27.7 Å². The van der Waals surface area contributed by atoms with Gasteiger partial charge in [0.15, 0.2) is 0 Å². The van der Waals surface area contributed by atoms with Crippen LogP contribution in [-0.4, -0.2) is 0 Å². The zero-order chi connectivity index (χ0) is 18.1. The molecule has 3 aromatic carbocycles. The fraction of sp³-hybridized carbons (Fsp3) is 0.320. The van der Waals surface area contributed by atoms with Gasteiger partial charge in [-0.25, -0.2) is 6.07 Å². The summed E-state index contributed by atoms with van der Waals surface area (Å²) >= 11 is 0. The summed E-state index contributed by atoms with van der Waals surface area (Å²) in [6.45, 7) is 13.3. The van der Waals surface area contributed by atoms with E-state index in [1.54, 1.807) is 0 Å². The van der Waals surface area contributed by atoms with E-state index in [0.717, 1.165) is 0 Å². The largest absolute Gasteiger partial charge is 4.00 e. The molecular weight excluding hydrogens is 455 g/mol. The van der Waals surface area contributed by atoms with Crippen molar-refractivity contribution < 1.29 is 58.9 Å². The second-order valence-corrected chi connectivity index (χ2v) is 7.91. The van der Waals surface area contributed by atoms with Gasteiger partial charge in [0.05, 0.1) is 0 Å². The van der Waals surface area contributed by atoms with E-state index in [9.17, 15) is 0 Å². The second kappa shape index (κ2) is 12.9. The van der Waals surface area contributed by atoms with E-state index >= 15 is 0 Å². The maximum Gasteiger partial charge on any atom is 4.00 e. The third kappa shape index (κ3) is 7.53. The molecule has 0 bridgehead atoms. The smallest absolute Gasteiger partial charge is 1.00 e. The van der Waals surface area contributed by atoms with E-state index in [4.69, 9.17) is 0 Å². The third-order valence-electron chi connectivity index (χ3n) is 4.96. The van der Waals surface area contributed by atoms with Crippen molar-refractivity contribution in [1.82, 2.24) is 0 Å². The van der Waals surface area contributed by atoms with Gasteiger partial charge in [-0.1, -0.05) is 78.4 Å². The molecule has 0 unspecified atom stereocenters. The van der Waals surface area contributed by atoms with Crippen LogP contribution in [0.5, 0.6) is 0 Å². The molecule has 4 heteroatoms. The summed E-state index contributed by atoms with van der Waals surface area (Å²) in [4.78, 5) is 0. The Morgan fingerprint density at radius 2 is 1.00 bits per heavy atom. The van der Waals surface area contributed by atoms with Crippen molar-refractivity contribution in [2.24, 2.45) is 0 Å². The number of aryl methyl sites for hydroxylation is 4. The zero-order valence-corrected chi connectivity index (χ0v) is 21.8. The first-order valence-corrected chi connectivity index (χ1v) is 9.26. The van der Waals surface area contributed by atoms with Gasteiger partial charge in [-0.05, 0) is 44.7 Å². The maximum atomic E-state index is 2.39. The minimum Gasteiger partial charge on any atom is -1.00 e. The predicted molar refractivity (Wildman–Crippen MR) is 109 cm³/mol. The first-order valence-electron chi connectivity index (χ1n) is 9.26. The number of benzene rings is 2. The summed E-state index contributed by atoms with van der Waals surface area (Å²) in [5.41, 5.74) is 10.9. The van der Waals surface area contributed by atoms with E-state index in [0.29, 0.717) is 11.8 Å². The summed E-state index contributed by atoms with van der Waals surface area (Å²) in [5.74, 6) is 0.859. The molecule has 0 heterocycles. The van der Waals surface area contributed by atoms with Crippen LogP contribution in [0.15, 0.2) is 54.6 Å². The molecule has 0 aromatic heterocycles. The Bertz CT molecular complexity index is 805. The monoisotopic (exact) mass is 482 g/mol. The van der Waals surface area contributed by atoms with Gasteiger partial charge in [0.2, 0.25) is 0 Å². The van der Waals surface area contributed by atoms with E-state index < -0.39 is 0 Å². The third-order valence-corrected chi connectivity index (χ3v) is 4.96. The minimum atomic E-state index is 0. The van der Waals surface area contributed by atoms with Crippen LogP contribution in [0.3, 0.4) is 0 Å². The van der Waals surface area contributed by atoms with Crippen LogP contribution in [0.1, 0.15) is 70.2 Å². The maximum absolute atomic E-state index is 2.39. The SMILES string of the molecule is Cc1cc(C)cc(C(c2cc(C)cc(C)c2)[c-]2ccc(C(C)C)c2)c1.[Cl-].[Cl-].[Cl-].[Ti+4]. The molecule has 0 aliphatic rings. The number of hydrogen-bond donors (Lipinski definition) is 0. The molecule has 0 aliphatic carbocycles. The van der Waals surface area contributed by atoms with Gasteiger partial charge < -0.3 is 37.2 Å². The Morgan fingerprint density at radius 3 is 1.31 bits per heavy atom. The summed E-state index contributed by atoms with van der Waals surface area (Å²) in [7, 11) is 0. The van der Waals surface area contributed by atoms with Gasteiger partial charge in [0.25, 0.3) is 0 Å². The van der Waals surface area contributed by atoms with Gasteiger partial charge in [-0.2, -0.15) is 17.7 Å². The summed E-state index contributed by atoms with van der Waals surface area (Å²) in [5, 5.41) is 0. The summed E-state index contributed by atoms with van der Waals surface area (Å²) < 4.78 is 0. The first kappa shape index (κ1) is 30.6. The van der Waals surface area contributed by atoms with Crippen molar-refractivity contribution in [2.45, 2.75) is 53.4 Å². The molecule has 0 N–H and O–H groups in total. The number of halogens is 3. The number of rotatable bonds is 4. The molecular formula is C25H29Cl3Ti. The standard InChI is InChI=1S/C25H29.3ClH.Ti/c1-16(2)21-7-8-22(15-21)25(23-11-17(3)9-18(4)12-23)24-13-19(5)10-20(6)14-24;;;;/h7-16,25H,1-6H3;3*1H;/q-1;;;;+4/p-3. The fourth-order valence-electron chi connectivity index (χ4n) is 3.95. The molecule has 0 saturated carbocycles. The Balaban J connectivity index is 0. The van der Waals surface area contributed by atoms with Gasteiger partial charge >= 0.3 is 21.7 Å². The average Bonchev–Trinajstić information content (AvgIpc) is 2.95. The van der Waals surface area contributed by atoms with Crippen molar-refractivity contribution in [3.63, 3.8) is 0 Å². The molecule has 0 nitrogen and oxygen atoms in total. The molecule has 0 aliphatic heterocycles. The molecule has 154 valence electrons. The number of hydrogen-bond acceptors (Lipinski definition) is 0. The topological polar surface area (TPSA) is 0 Å². The van der Waals surface area contributed by atoms with Gasteiger partial charge in [-0.3, -0.25) is 0 Å². The van der Waals surface area contributed by atoms with Gasteiger partial charge in [0.1, 0.15) is 0 Å². The van der Waals surface area contributed by atoms with Crippen LogP contribution in [0.2, 0.25) is 0 Å². The van der Waals surface area contributed by atoms with Crippen molar-refractivity contribution in [2.75, 3.05) is 0 Å². The molecule has 0 saturated heterocycles. The van der Waals surface area contributed by atoms with E-state index in [-0.39, 0.29) is 58.9 Å². The van der Waals surface area contributed by atoms with Crippen LogP contribution in [-0.2, 0) is 21.7 Å². The van der Waals surface area contributed by atoms with Crippen molar-refractivity contribution in [3.8, 4) is 0 Å². The fourth-order valence-corrected chi connectivity index (χ4v) is 3.95. The quantitative estimate of drug-likeness (QED) is 0.296. The van der Waals surface area contributed by atoms with Crippen molar-refractivity contribution in [3.05, 3.63) is 99.1 Å². The zero-order valence-electron chi connectivity index (χ0n) is 18.0. The van der Waals surface area contributed by atoms with E-state index in [1.165, 1.54) is 44.5 Å². The predicted octanol–water partition coefficient (Wildman–Crippen LogP) is -2.05. The van der Waals surface area contributed by atoms with Gasteiger partial charge in [-0.15, -0.1) is 5.56 Å². The summed E-state index contributed by atoms with van der Waals surface area (Å²) in [6, 6.07) is 20.9. The molecule has 3 aromatic rings. The summed E-state index contributed by atoms with van der Waals surface area (Å²) in [6.07, 6.45) is 0. The second-order valence-electron chi connectivity index (χ2n) is 7.91. The Labute approximate surface area is 210 Å². The van der Waals surface area contributed by atoms with Crippen LogP contribution in [0.4, 0.5) is 0 Å². The van der Waals surface area contributed by atoms with Crippen LogP contribution < -0.4 is 37.2 Å². The molecule has 29 heavy (non-hydrogen) atoms. The molecule has 0 amide bonds. The molecule has 0 fully saturated rings. The molecule has 3 rings (SSSR count).